The van der Waals surface area contributed by atoms with Crippen molar-refractivity contribution in [3.05, 3.63) is 35.4 Å². The summed E-state index contributed by atoms with van der Waals surface area (Å²) < 4.78 is 0. The third-order valence-corrected chi connectivity index (χ3v) is 5.70. The number of aliphatic imine (C=N–C) groups is 1. The van der Waals surface area contributed by atoms with Crippen LogP contribution in [0.3, 0.4) is 0 Å². The van der Waals surface area contributed by atoms with Crippen molar-refractivity contribution >= 4 is 5.96 Å². The topological polar surface area (TPSA) is 63.5 Å². The molecular weight excluding hydrogens is 322 g/mol. The minimum absolute atomic E-state index is 0.492. The molecule has 2 N–H and O–H groups in total. The lowest BCUT2D eigenvalue weighted by Crippen LogP contribution is -2.50. The Morgan fingerprint density at radius 2 is 1.96 bits per heavy atom. The standard InChI is InChI=1S/C21H31N5/c1-23-21(24-16-18-7-5-6-17(14-18)15-22)25-19-10-12-26(13-11-19)20-8-3-2-4-9-20/h5-7,14,19-20H,2-4,8-13,16H2,1H3,(H2,23,24,25). The molecule has 0 spiro atoms. The van der Waals surface area contributed by atoms with Gasteiger partial charge < -0.3 is 15.5 Å². The molecule has 0 aromatic heterocycles. The molecule has 1 heterocycles. The molecular formula is C21H31N5. The van der Waals surface area contributed by atoms with Gasteiger partial charge >= 0.3 is 0 Å². The molecule has 26 heavy (non-hydrogen) atoms. The Labute approximate surface area is 157 Å². The van der Waals surface area contributed by atoms with Crippen molar-refractivity contribution in [2.24, 2.45) is 4.99 Å². The Bertz CT molecular complexity index is 634. The summed E-state index contributed by atoms with van der Waals surface area (Å²) in [6.45, 7) is 3.07. The lowest BCUT2D eigenvalue weighted by molar-refractivity contribution is 0.119. The molecule has 3 rings (SSSR count). The third kappa shape index (κ3) is 5.22. The van der Waals surface area contributed by atoms with Crippen LogP contribution in [0.5, 0.6) is 0 Å². The van der Waals surface area contributed by atoms with Gasteiger partial charge in [0.25, 0.3) is 0 Å². The first-order valence-corrected chi connectivity index (χ1v) is 9.99. The van der Waals surface area contributed by atoms with Gasteiger partial charge in [-0.1, -0.05) is 31.4 Å². The molecule has 1 aromatic rings. The molecule has 2 aliphatic rings. The maximum Gasteiger partial charge on any atom is 0.191 e. The van der Waals surface area contributed by atoms with Crippen LogP contribution in [0.25, 0.3) is 0 Å². The van der Waals surface area contributed by atoms with Crippen LogP contribution in [0.4, 0.5) is 0 Å². The predicted octanol–water partition coefficient (Wildman–Crippen LogP) is 3.02. The number of nitrogens with one attached hydrogen (secondary N) is 2. The maximum atomic E-state index is 9.01. The highest BCUT2D eigenvalue weighted by Gasteiger charge is 2.26. The maximum absolute atomic E-state index is 9.01. The largest absolute Gasteiger partial charge is 0.354 e. The Kier molecular flexibility index (Phi) is 6.90. The van der Waals surface area contributed by atoms with Gasteiger partial charge in [-0.25, -0.2) is 0 Å². The van der Waals surface area contributed by atoms with Crippen LogP contribution in [-0.2, 0) is 6.54 Å². The number of piperidine rings is 1. The van der Waals surface area contributed by atoms with Gasteiger partial charge in [-0.05, 0) is 43.4 Å². The van der Waals surface area contributed by atoms with Gasteiger partial charge in [0.05, 0.1) is 11.6 Å². The highest BCUT2D eigenvalue weighted by atomic mass is 15.2. The first-order chi connectivity index (χ1) is 12.8. The van der Waals surface area contributed by atoms with Crippen LogP contribution in [0.1, 0.15) is 56.1 Å². The number of nitrogens with zero attached hydrogens (tertiary/aromatic N) is 3. The van der Waals surface area contributed by atoms with Gasteiger partial charge in [0.15, 0.2) is 5.96 Å². The van der Waals surface area contributed by atoms with E-state index >= 15 is 0 Å². The van der Waals surface area contributed by atoms with Crippen molar-refractivity contribution in [3.63, 3.8) is 0 Å². The second-order valence-corrected chi connectivity index (χ2v) is 7.48. The Morgan fingerprint density at radius 3 is 2.65 bits per heavy atom. The first-order valence-electron chi connectivity index (χ1n) is 9.99. The Hall–Kier alpha value is -2.06. The number of guanidine groups is 1. The average molecular weight is 354 g/mol. The van der Waals surface area contributed by atoms with Crippen LogP contribution in [0.15, 0.2) is 29.3 Å². The molecule has 0 radical (unpaired) electrons. The smallest absolute Gasteiger partial charge is 0.191 e. The fourth-order valence-corrected chi connectivity index (χ4v) is 4.18. The number of hydrogen-bond acceptors (Lipinski definition) is 3. The summed E-state index contributed by atoms with van der Waals surface area (Å²) >= 11 is 0. The van der Waals surface area contributed by atoms with Crippen molar-refractivity contribution in [2.75, 3.05) is 20.1 Å². The van der Waals surface area contributed by atoms with Crippen molar-refractivity contribution in [3.8, 4) is 6.07 Å². The normalized spacial score (nSPS) is 20.5. The third-order valence-electron chi connectivity index (χ3n) is 5.70. The van der Waals surface area contributed by atoms with E-state index in [1.807, 2.05) is 31.3 Å². The van der Waals surface area contributed by atoms with E-state index in [0.29, 0.717) is 18.2 Å². The van der Waals surface area contributed by atoms with E-state index in [9.17, 15) is 0 Å². The molecule has 0 bridgehead atoms. The van der Waals surface area contributed by atoms with E-state index in [1.54, 1.807) is 0 Å². The molecule has 0 unspecified atom stereocenters. The number of benzene rings is 1. The van der Waals surface area contributed by atoms with Gasteiger partial charge in [-0.3, -0.25) is 4.99 Å². The second kappa shape index (κ2) is 9.59. The van der Waals surface area contributed by atoms with Crippen molar-refractivity contribution in [1.29, 1.82) is 5.26 Å². The number of hydrogen-bond donors (Lipinski definition) is 2. The summed E-state index contributed by atoms with van der Waals surface area (Å²) in [5, 5.41) is 16.0. The lowest BCUT2D eigenvalue weighted by atomic mass is 9.92. The SMILES string of the molecule is CN=C(NCc1cccc(C#N)c1)NC1CCN(C2CCCCC2)CC1. The molecule has 1 aliphatic carbocycles. The summed E-state index contributed by atoms with van der Waals surface area (Å²) in [6, 6.07) is 11.2. The fourth-order valence-electron chi connectivity index (χ4n) is 4.18. The molecule has 1 saturated heterocycles. The minimum atomic E-state index is 0.492. The van der Waals surface area contributed by atoms with E-state index < -0.39 is 0 Å². The quantitative estimate of drug-likeness (QED) is 0.645. The van der Waals surface area contributed by atoms with Crippen molar-refractivity contribution < 1.29 is 0 Å². The monoisotopic (exact) mass is 353 g/mol. The Balaban J connectivity index is 1.43. The van der Waals surface area contributed by atoms with Crippen LogP contribution in [-0.4, -0.2) is 43.1 Å². The van der Waals surface area contributed by atoms with Gasteiger partial charge in [0, 0.05) is 38.8 Å². The summed E-state index contributed by atoms with van der Waals surface area (Å²) in [7, 11) is 1.82. The summed E-state index contributed by atoms with van der Waals surface area (Å²) in [4.78, 5) is 7.07. The predicted molar refractivity (Wildman–Crippen MR) is 106 cm³/mol. The average Bonchev–Trinajstić information content (AvgIpc) is 2.72. The highest BCUT2D eigenvalue weighted by Crippen LogP contribution is 2.25. The highest BCUT2D eigenvalue weighted by molar-refractivity contribution is 5.79. The minimum Gasteiger partial charge on any atom is -0.354 e. The molecule has 140 valence electrons. The van der Waals surface area contributed by atoms with Crippen molar-refractivity contribution in [1.82, 2.24) is 15.5 Å². The molecule has 1 aliphatic heterocycles. The molecule has 5 nitrogen and oxygen atoms in total. The van der Waals surface area contributed by atoms with Gasteiger partial charge in [0.1, 0.15) is 0 Å². The van der Waals surface area contributed by atoms with E-state index in [2.05, 4.69) is 26.6 Å². The zero-order valence-corrected chi connectivity index (χ0v) is 15.9. The number of rotatable bonds is 4. The molecule has 1 aromatic carbocycles. The van der Waals surface area contributed by atoms with E-state index in [1.165, 1.54) is 58.0 Å². The molecule has 0 atom stereocenters. The fraction of sp³-hybridized carbons (Fsp3) is 0.619. The van der Waals surface area contributed by atoms with Crippen LogP contribution in [0, 0.1) is 11.3 Å². The van der Waals surface area contributed by atoms with E-state index in [-0.39, 0.29) is 0 Å². The first kappa shape index (κ1) is 18.7. The number of nitriles is 1. The zero-order chi connectivity index (χ0) is 18.2. The molecule has 0 amide bonds. The van der Waals surface area contributed by atoms with Crippen LogP contribution in [0.2, 0.25) is 0 Å². The lowest BCUT2D eigenvalue weighted by Gasteiger charge is -2.39. The van der Waals surface area contributed by atoms with Gasteiger partial charge in [-0.2, -0.15) is 5.26 Å². The zero-order valence-electron chi connectivity index (χ0n) is 15.9. The summed E-state index contributed by atoms with van der Waals surface area (Å²) in [5.74, 6) is 0.850. The van der Waals surface area contributed by atoms with E-state index in [0.717, 1.165) is 17.6 Å². The van der Waals surface area contributed by atoms with Crippen molar-refractivity contribution in [2.45, 2.75) is 63.6 Å². The van der Waals surface area contributed by atoms with Crippen LogP contribution >= 0.6 is 0 Å². The van der Waals surface area contributed by atoms with E-state index in [4.69, 9.17) is 5.26 Å². The Morgan fingerprint density at radius 1 is 1.19 bits per heavy atom. The molecule has 2 fully saturated rings. The molecule has 5 heteroatoms. The summed E-state index contributed by atoms with van der Waals surface area (Å²) in [5.41, 5.74) is 1.79. The summed E-state index contributed by atoms with van der Waals surface area (Å²) in [6.07, 6.45) is 9.39. The van der Waals surface area contributed by atoms with Gasteiger partial charge in [-0.15, -0.1) is 0 Å². The number of likely N-dealkylation sites (tertiary alicyclic amines) is 1. The second-order valence-electron chi connectivity index (χ2n) is 7.48. The molecule has 1 saturated carbocycles. The van der Waals surface area contributed by atoms with Crippen LogP contribution < -0.4 is 10.6 Å². The van der Waals surface area contributed by atoms with Gasteiger partial charge in [0.2, 0.25) is 0 Å².